The van der Waals surface area contributed by atoms with Crippen LogP contribution < -0.4 is 4.74 Å². The zero-order valence-electron chi connectivity index (χ0n) is 16.2. The van der Waals surface area contributed by atoms with Gasteiger partial charge >= 0.3 is 0 Å². The van der Waals surface area contributed by atoms with Crippen LogP contribution >= 0.6 is 0 Å². The highest BCUT2D eigenvalue weighted by Crippen LogP contribution is 2.43. The number of nitrogens with zero attached hydrogens (tertiary/aromatic N) is 2. The second kappa shape index (κ2) is 8.00. The van der Waals surface area contributed by atoms with E-state index in [1.807, 2.05) is 31.2 Å². The molecule has 0 radical (unpaired) electrons. The summed E-state index contributed by atoms with van der Waals surface area (Å²) < 4.78 is 18.8. The van der Waals surface area contributed by atoms with E-state index in [1.54, 1.807) is 12.1 Å². The predicted octanol–water partition coefficient (Wildman–Crippen LogP) is 5.11. The normalized spacial score (nSPS) is 21.3. The first kappa shape index (κ1) is 19.1. The quantitative estimate of drug-likeness (QED) is 0.731. The molecule has 2 atom stereocenters. The number of allylic oxidation sites excluding steroid dienone is 2. The molecule has 146 valence electrons. The maximum atomic E-state index is 13.0. The number of hydrogen-bond donors (Lipinski definition) is 0. The first-order valence-electron chi connectivity index (χ1n) is 9.75. The number of Topliss-reactive ketones (excluding diaryl/α,β-unsaturated/α-hetero) is 1. The van der Waals surface area contributed by atoms with Gasteiger partial charge in [-0.25, -0.2) is 4.39 Å². The number of carbonyl (C=O) groups is 1. The first-order chi connectivity index (χ1) is 14.1. The van der Waals surface area contributed by atoms with Gasteiger partial charge in [-0.3, -0.25) is 9.79 Å². The molecule has 0 amide bonds. The van der Waals surface area contributed by atoms with E-state index in [-0.39, 0.29) is 17.5 Å². The number of carbonyl (C=O) groups excluding carboxylic acids is 1. The standard InChI is InChI=1S/C24H21FN2O2/c1-15-20(13-26)23(24-21(27-15)3-2-4-22(24)28)17-7-11-19(12-8-17)29-14-16-5-9-18(25)10-6-16/h5-12,20,23H,2-4,14H2,1H3/t20?,23-/m0/s1. The second-order valence-electron chi connectivity index (χ2n) is 7.46. The minimum atomic E-state index is -0.443. The summed E-state index contributed by atoms with van der Waals surface area (Å²) in [7, 11) is 0. The third kappa shape index (κ3) is 3.84. The van der Waals surface area contributed by atoms with E-state index < -0.39 is 5.92 Å². The topological polar surface area (TPSA) is 62.4 Å². The fraction of sp³-hybridized carbons (Fsp3) is 0.292. The maximum Gasteiger partial charge on any atom is 0.161 e. The van der Waals surface area contributed by atoms with Crippen LogP contribution in [0.3, 0.4) is 0 Å². The SMILES string of the molecule is CC1=NC2=C(C(=O)CCC2)[C@@H](c2ccc(OCc3ccc(F)cc3)cc2)C1C#N. The summed E-state index contributed by atoms with van der Waals surface area (Å²) >= 11 is 0. The lowest BCUT2D eigenvalue weighted by Gasteiger charge is -2.32. The number of halogens is 1. The van der Waals surface area contributed by atoms with Crippen molar-refractivity contribution < 1.29 is 13.9 Å². The maximum absolute atomic E-state index is 13.0. The molecule has 5 heteroatoms. The summed E-state index contributed by atoms with van der Waals surface area (Å²) in [5, 5.41) is 9.74. The minimum absolute atomic E-state index is 0.101. The Balaban J connectivity index is 1.57. The van der Waals surface area contributed by atoms with E-state index in [1.165, 1.54) is 12.1 Å². The highest BCUT2D eigenvalue weighted by molar-refractivity contribution is 6.02. The summed E-state index contributed by atoms with van der Waals surface area (Å²) in [6.07, 6.45) is 2.11. The van der Waals surface area contributed by atoms with Gasteiger partial charge in [-0.2, -0.15) is 5.26 Å². The van der Waals surface area contributed by atoms with E-state index in [0.717, 1.165) is 35.4 Å². The summed E-state index contributed by atoms with van der Waals surface area (Å²) in [4.78, 5) is 17.2. The Hall–Kier alpha value is -3.26. The van der Waals surface area contributed by atoms with Crippen molar-refractivity contribution in [1.29, 1.82) is 5.26 Å². The van der Waals surface area contributed by atoms with Crippen LogP contribution in [0.4, 0.5) is 4.39 Å². The van der Waals surface area contributed by atoms with Crippen LogP contribution in [0, 0.1) is 23.1 Å². The van der Waals surface area contributed by atoms with Crippen molar-refractivity contribution in [1.82, 2.24) is 0 Å². The van der Waals surface area contributed by atoms with E-state index in [2.05, 4.69) is 11.1 Å². The Morgan fingerprint density at radius 2 is 1.86 bits per heavy atom. The average molecular weight is 388 g/mol. The Bertz CT molecular complexity index is 1030. The number of ether oxygens (including phenoxy) is 1. The molecule has 1 aliphatic heterocycles. The van der Waals surface area contributed by atoms with E-state index in [0.29, 0.717) is 24.4 Å². The largest absolute Gasteiger partial charge is 0.489 e. The molecule has 4 nitrogen and oxygen atoms in total. The van der Waals surface area contributed by atoms with Gasteiger partial charge in [0.15, 0.2) is 5.78 Å². The molecule has 0 aromatic heterocycles. The zero-order chi connectivity index (χ0) is 20.4. The van der Waals surface area contributed by atoms with Crippen LogP contribution in [0.2, 0.25) is 0 Å². The number of aliphatic imine (C=N–C) groups is 1. The molecular formula is C24H21FN2O2. The summed E-state index contributed by atoms with van der Waals surface area (Å²) in [5.41, 5.74) is 4.10. The van der Waals surface area contributed by atoms with Crippen molar-refractivity contribution >= 4 is 11.5 Å². The lowest BCUT2D eigenvalue weighted by Crippen LogP contribution is -2.30. The predicted molar refractivity (Wildman–Crippen MR) is 108 cm³/mol. The van der Waals surface area contributed by atoms with Crippen LogP contribution in [0.15, 0.2) is 64.8 Å². The van der Waals surface area contributed by atoms with E-state index in [9.17, 15) is 14.4 Å². The van der Waals surface area contributed by atoms with Gasteiger partial charge in [0.1, 0.15) is 18.2 Å². The lowest BCUT2D eigenvalue weighted by molar-refractivity contribution is -0.116. The Morgan fingerprint density at radius 1 is 1.14 bits per heavy atom. The number of nitriles is 1. The fourth-order valence-electron chi connectivity index (χ4n) is 4.05. The van der Waals surface area contributed by atoms with Crippen LogP contribution in [-0.2, 0) is 11.4 Å². The van der Waals surface area contributed by atoms with Crippen molar-refractivity contribution in [3.05, 3.63) is 76.7 Å². The number of rotatable bonds is 4. The fourth-order valence-corrected chi connectivity index (χ4v) is 4.05. The molecular weight excluding hydrogens is 367 g/mol. The molecule has 1 aliphatic carbocycles. The molecule has 0 fully saturated rings. The van der Waals surface area contributed by atoms with Gasteiger partial charge in [-0.05, 0) is 55.2 Å². The zero-order valence-corrected chi connectivity index (χ0v) is 16.2. The average Bonchev–Trinajstić information content (AvgIpc) is 2.73. The molecule has 0 saturated carbocycles. The molecule has 2 aromatic carbocycles. The highest BCUT2D eigenvalue weighted by atomic mass is 19.1. The first-order valence-corrected chi connectivity index (χ1v) is 9.75. The molecule has 0 bridgehead atoms. The number of ketones is 1. The molecule has 1 heterocycles. The molecule has 4 rings (SSSR count). The van der Waals surface area contributed by atoms with Gasteiger partial charge in [0.25, 0.3) is 0 Å². The molecule has 29 heavy (non-hydrogen) atoms. The molecule has 1 unspecified atom stereocenters. The van der Waals surface area contributed by atoms with Crippen molar-refractivity contribution in [2.24, 2.45) is 10.9 Å². The monoisotopic (exact) mass is 388 g/mol. The Kier molecular flexibility index (Phi) is 5.26. The van der Waals surface area contributed by atoms with Gasteiger partial charge in [0.2, 0.25) is 0 Å². The number of benzene rings is 2. The van der Waals surface area contributed by atoms with Crippen molar-refractivity contribution in [3.63, 3.8) is 0 Å². The molecule has 0 spiro atoms. The van der Waals surface area contributed by atoms with Crippen LogP contribution in [0.5, 0.6) is 5.75 Å². The van der Waals surface area contributed by atoms with Crippen molar-refractivity contribution in [3.8, 4) is 11.8 Å². The molecule has 2 aliphatic rings. The highest BCUT2D eigenvalue weighted by Gasteiger charge is 2.38. The Morgan fingerprint density at radius 3 is 2.55 bits per heavy atom. The van der Waals surface area contributed by atoms with Gasteiger partial charge < -0.3 is 4.74 Å². The lowest BCUT2D eigenvalue weighted by atomic mass is 9.72. The van der Waals surface area contributed by atoms with Crippen LogP contribution in [-0.4, -0.2) is 11.5 Å². The molecule has 2 aromatic rings. The van der Waals surface area contributed by atoms with Gasteiger partial charge in [-0.15, -0.1) is 0 Å². The summed E-state index contributed by atoms with van der Waals surface area (Å²) in [5.74, 6) is -0.225. The molecule has 0 N–H and O–H groups in total. The Labute approximate surface area is 169 Å². The minimum Gasteiger partial charge on any atom is -0.489 e. The summed E-state index contributed by atoms with van der Waals surface area (Å²) in [6.45, 7) is 2.20. The smallest absolute Gasteiger partial charge is 0.161 e. The van der Waals surface area contributed by atoms with Gasteiger partial charge in [0, 0.05) is 29.3 Å². The van der Waals surface area contributed by atoms with Crippen molar-refractivity contribution in [2.45, 2.75) is 38.7 Å². The molecule has 0 saturated heterocycles. The van der Waals surface area contributed by atoms with Gasteiger partial charge in [-0.1, -0.05) is 24.3 Å². The summed E-state index contributed by atoms with van der Waals surface area (Å²) in [6, 6.07) is 16.1. The van der Waals surface area contributed by atoms with Crippen LogP contribution in [0.1, 0.15) is 43.2 Å². The third-order valence-corrected chi connectivity index (χ3v) is 5.53. The number of hydrogen-bond acceptors (Lipinski definition) is 4. The van der Waals surface area contributed by atoms with Gasteiger partial charge in [0.05, 0.1) is 12.0 Å². The van der Waals surface area contributed by atoms with Crippen molar-refractivity contribution in [2.75, 3.05) is 0 Å². The van der Waals surface area contributed by atoms with E-state index in [4.69, 9.17) is 4.74 Å². The van der Waals surface area contributed by atoms with E-state index >= 15 is 0 Å². The van der Waals surface area contributed by atoms with Crippen LogP contribution in [0.25, 0.3) is 0 Å². The second-order valence-corrected chi connectivity index (χ2v) is 7.46. The third-order valence-electron chi connectivity index (χ3n) is 5.53.